The molecule has 0 radical (unpaired) electrons. The van der Waals surface area contributed by atoms with Crippen molar-refractivity contribution in [3.8, 4) is 11.5 Å². The summed E-state index contributed by atoms with van der Waals surface area (Å²) >= 11 is 2.78. The van der Waals surface area contributed by atoms with Crippen LogP contribution in [0, 0.1) is 6.92 Å². The molecule has 1 N–H and O–H groups in total. The van der Waals surface area contributed by atoms with E-state index in [1.54, 1.807) is 6.92 Å². The SMILES string of the molecule is CCOC(=O)c1c(NC(=O)CSc2nnc3c(C)cc4cc5c(cc4n23)OCCO5)sc2c1CCCC2. The molecular formula is C26H26N4O5S2. The minimum atomic E-state index is -0.371. The average Bonchev–Trinajstić information content (AvgIpc) is 3.48. The fraction of sp³-hybridized carbons (Fsp3) is 0.385. The number of benzene rings is 1. The number of rotatable bonds is 6. The number of nitrogens with zero attached hydrogens (tertiary/aromatic N) is 3. The second-order valence-electron chi connectivity index (χ2n) is 9.00. The van der Waals surface area contributed by atoms with Gasteiger partial charge < -0.3 is 19.5 Å². The highest BCUT2D eigenvalue weighted by Gasteiger charge is 2.27. The molecule has 192 valence electrons. The number of hydrogen-bond acceptors (Lipinski definition) is 9. The predicted octanol–water partition coefficient (Wildman–Crippen LogP) is 4.81. The highest BCUT2D eigenvalue weighted by molar-refractivity contribution is 7.99. The number of ether oxygens (including phenoxy) is 3. The van der Waals surface area contributed by atoms with Crippen LogP contribution in [-0.2, 0) is 22.4 Å². The third kappa shape index (κ3) is 4.40. The van der Waals surface area contributed by atoms with E-state index in [1.165, 1.54) is 23.1 Å². The Morgan fingerprint density at radius 3 is 2.73 bits per heavy atom. The van der Waals surface area contributed by atoms with Gasteiger partial charge in [-0.1, -0.05) is 11.8 Å². The highest BCUT2D eigenvalue weighted by atomic mass is 32.2. The number of carbonyl (C=O) groups is 2. The van der Waals surface area contributed by atoms with Crippen molar-refractivity contribution in [2.24, 2.45) is 0 Å². The molecule has 3 aromatic heterocycles. The van der Waals surface area contributed by atoms with Crippen LogP contribution in [0.1, 0.15) is 46.1 Å². The van der Waals surface area contributed by atoms with E-state index in [4.69, 9.17) is 14.2 Å². The van der Waals surface area contributed by atoms with E-state index in [-0.39, 0.29) is 17.6 Å². The zero-order valence-electron chi connectivity index (χ0n) is 20.6. The molecular weight excluding hydrogens is 512 g/mol. The standard InChI is InChI=1S/C26H26N4O5S2/c1-3-33-25(32)22-16-6-4-5-7-20(16)37-24(22)27-21(31)13-36-26-29-28-23-14(2)10-15-11-18-19(35-9-8-34-18)12-17(15)30(23)26/h10-12H,3-9,13H2,1-2H3,(H,27,31). The van der Waals surface area contributed by atoms with Gasteiger partial charge in [-0.15, -0.1) is 21.5 Å². The van der Waals surface area contributed by atoms with Crippen LogP contribution in [0.2, 0.25) is 0 Å². The van der Waals surface area contributed by atoms with Gasteiger partial charge >= 0.3 is 5.97 Å². The summed E-state index contributed by atoms with van der Waals surface area (Å²) in [6.45, 7) is 5.08. The van der Waals surface area contributed by atoms with E-state index in [9.17, 15) is 9.59 Å². The molecule has 0 bridgehead atoms. The number of amides is 1. The number of thiophene rings is 1. The number of aromatic nitrogens is 3. The lowest BCUT2D eigenvalue weighted by atomic mass is 9.95. The van der Waals surface area contributed by atoms with Crippen LogP contribution in [0.15, 0.2) is 23.4 Å². The predicted molar refractivity (Wildman–Crippen MR) is 142 cm³/mol. The molecule has 0 fully saturated rings. The van der Waals surface area contributed by atoms with Crippen LogP contribution >= 0.6 is 23.1 Å². The number of thioether (sulfide) groups is 1. The second-order valence-corrected chi connectivity index (χ2v) is 11.0. The van der Waals surface area contributed by atoms with Crippen LogP contribution in [-0.4, -0.2) is 52.0 Å². The first-order valence-corrected chi connectivity index (χ1v) is 14.2. The van der Waals surface area contributed by atoms with Gasteiger partial charge in [-0.3, -0.25) is 9.20 Å². The Balaban J connectivity index is 1.27. The van der Waals surface area contributed by atoms with Crippen molar-refractivity contribution in [3.63, 3.8) is 0 Å². The van der Waals surface area contributed by atoms with Crippen LogP contribution in [0.3, 0.4) is 0 Å². The quantitative estimate of drug-likeness (QED) is 0.276. The summed E-state index contributed by atoms with van der Waals surface area (Å²) in [5, 5.41) is 13.9. The van der Waals surface area contributed by atoms with E-state index in [2.05, 4.69) is 15.5 Å². The lowest BCUT2D eigenvalue weighted by Crippen LogP contribution is -2.17. The molecule has 4 heterocycles. The summed E-state index contributed by atoms with van der Waals surface area (Å²) in [6, 6.07) is 5.95. The molecule has 11 heteroatoms. The van der Waals surface area contributed by atoms with Gasteiger partial charge in [0.25, 0.3) is 0 Å². The Morgan fingerprint density at radius 1 is 1.14 bits per heavy atom. The van der Waals surface area contributed by atoms with E-state index >= 15 is 0 Å². The van der Waals surface area contributed by atoms with Crippen LogP contribution in [0.4, 0.5) is 5.00 Å². The molecule has 37 heavy (non-hydrogen) atoms. The Labute approximate surface area is 221 Å². The number of nitrogens with one attached hydrogen (secondary N) is 1. The first kappa shape index (κ1) is 24.1. The summed E-state index contributed by atoms with van der Waals surface area (Å²) in [5.41, 5.74) is 4.12. The van der Waals surface area contributed by atoms with Crippen molar-refractivity contribution in [2.45, 2.75) is 44.7 Å². The maximum atomic E-state index is 13.0. The first-order valence-electron chi connectivity index (χ1n) is 12.4. The fourth-order valence-electron chi connectivity index (χ4n) is 4.90. The molecule has 2 aliphatic rings. The summed E-state index contributed by atoms with van der Waals surface area (Å²) in [6.07, 6.45) is 3.88. The minimum Gasteiger partial charge on any atom is -0.486 e. The largest absolute Gasteiger partial charge is 0.486 e. The number of hydrogen-bond donors (Lipinski definition) is 1. The number of fused-ring (bicyclic) bond motifs is 5. The van der Waals surface area contributed by atoms with Crippen molar-refractivity contribution < 1.29 is 23.8 Å². The average molecular weight is 539 g/mol. The Kier molecular flexibility index (Phi) is 6.41. The Bertz CT molecular complexity index is 1540. The Hall–Kier alpha value is -3.31. The summed E-state index contributed by atoms with van der Waals surface area (Å²) in [4.78, 5) is 26.9. The van der Waals surface area contributed by atoms with Crippen molar-refractivity contribution in [2.75, 3.05) is 30.9 Å². The van der Waals surface area contributed by atoms with Gasteiger partial charge in [-0.05, 0) is 62.8 Å². The monoisotopic (exact) mass is 538 g/mol. The van der Waals surface area contributed by atoms with Crippen LogP contribution in [0.25, 0.3) is 16.6 Å². The van der Waals surface area contributed by atoms with Gasteiger partial charge in [0.15, 0.2) is 22.3 Å². The van der Waals surface area contributed by atoms with E-state index in [1.807, 2.05) is 29.5 Å². The van der Waals surface area contributed by atoms with E-state index < -0.39 is 0 Å². The van der Waals surface area contributed by atoms with Gasteiger partial charge in [0.1, 0.15) is 18.2 Å². The van der Waals surface area contributed by atoms with Gasteiger partial charge in [0, 0.05) is 16.3 Å². The third-order valence-electron chi connectivity index (χ3n) is 6.53. The fourth-order valence-corrected chi connectivity index (χ4v) is 6.94. The Morgan fingerprint density at radius 2 is 1.92 bits per heavy atom. The molecule has 9 nitrogen and oxygen atoms in total. The van der Waals surface area contributed by atoms with Crippen molar-refractivity contribution in [1.29, 1.82) is 0 Å². The molecule has 1 aromatic carbocycles. The molecule has 0 saturated carbocycles. The lowest BCUT2D eigenvalue weighted by Gasteiger charge is -2.19. The maximum Gasteiger partial charge on any atom is 0.341 e. The third-order valence-corrected chi connectivity index (χ3v) is 8.66. The summed E-state index contributed by atoms with van der Waals surface area (Å²) in [7, 11) is 0. The number of anilines is 1. The summed E-state index contributed by atoms with van der Waals surface area (Å²) in [5.74, 6) is 0.933. The maximum absolute atomic E-state index is 13.0. The number of aryl methyl sites for hydroxylation is 2. The van der Waals surface area contributed by atoms with Gasteiger partial charge in [-0.25, -0.2) is 4.79 Å². The molecule has 4 aromatic rings. The van der Waals surface area contributed by atoms with Gasteiger partial charge in [0.2, 0.25) is 5.91 Å². The number of carbonyl (C=O) groups excluding carboxylic acids is 2. The molecule has 1 aliphatic heterocycles. The van der Waals surface area contributed by atoms with Gasteiger partial charge in [-0.2, -0.15) is 0 Å². The van der Waals surface area contributed by atoms with Crippen molar-refractivity contribution in [3.05, 3.63) is 39.8 Å². The second kappa shape index (κ2) is 9.86. The summed E-state index contributed by atoms with van der Waals surface area (Å²) < 4.78 is 18.8. The zero-order chi connectivity index (χ0) is 25.5. The van der Waals surface area contributed by atoms with E-state index in [0.29, 0.717) is 41.3 Å². The molecule has 0 spiro atoms. The molecule has 0 saturated heterocycles. The van der Waals surface area contributed by atoms with Crippen molar-refractivity contribution >= 4 is 56.5 Å². The van der Waals surface area contributed by atoms with E-state index in [0.717, 1.165) is 64.0 Å². The normalized spacial score (nSPS) is 14.5. The smallest absolute Gasteiger partial charge is 0.341 e. The number of pyridine rings is 1. The van der Waals surface area contributed by atoms with Crippen molar-refractivity contribution in [1.82, 2.24) is 14.6 Å². The topological polar surface area (TPSA) is 104 Å². The minimum absolute atomic E-state index is 0.117. The number of esters is 1. The molecule has 1 amide bonds. The van der Waals surface area contributed by atoms with Crippen LogP contribution in [0.5, 0.6) is 11.5 Å². The highest BCUT2D eigenvalue weighted by Crippen LogP contribution is 2.39. The van der Waals surface area contributed by atoms with Gasteiger partial charge in [0.05, 0.1) is 23.4 Å². The zero-order valence-corrected chi connectivity index (χ0v) is 22.2. The van der Waals surface area contributed by atoms with Crippen LogP contribution < -0.4 is 14.8 Å². The molecule has 6 rings (SSSR count). The molecule has 0 unspecified atom stereocenters. The lowest BCUT2D eigenvalue weighted by molar-refractivity contribution is -0.113. The molecule has 0 atom stereocenters. The first-order chi connectivity index (χ1) is 18.0. The molecule has 1 aliphatic carbocycles.